The second kappa shape index (κ2) is 9.68. The molecule has 0 aromatic carbocycles. The summed E-state index contributed by atoms with van der Waals surface area (Å²) < 4.78 is 11.0. The maximum absolute atomic E-state index is 12.7. The molecule has 9 heteroatoms. The van der Waals surface area contributed by atoms with E-state index >= 15 is 0 Å². The summed E-state index contributed by atoms with van der Waals surface area (Å²) in [7, 11) is 0. The summed E-state index contributed by atoms with van der Waals surface area (Å²) in [5, 5.41) is 17.2. The molecule has 0 atom stereocenters. The molecule has 0 aliphatic carbocycles. The number of aryl methyl sites for hydroxylation is 2. The smallest absolute Gasteiger partial charge is 0.227 e. The van der Waals surface area contributed by atoms with E-state index in [-0.39, 0.29) is 29.8 Å². The molecule has 0 radical (unpaired) electrons. The predicted molar refractivity (Wildman–Crippen MR) is 114 cm³/mol. The van der Waals surface area contributed by atoms with Gasteiger partial charge in [-0.2, -0.15) is 16.7 Å². The van der Waals surface area contributed by atoms with Crippen molar-refractivity contribution in [1.82, 2.24) is 15.5 Å². The summed E-state index contributed by atoms with van der Waals surface area (Å²) in [5.41, 5.74) is -1.13. The highest BCUT2D eigenvalue weighted by Crippen LogP contribution is 2.43. The highest BCUT2D eigenvalue weighted by molar-refractivity contribution is 7.99. The van der Waals surface area contributed by atoms with Crippen LogP contribution in [0.4, 0.5) is 0 Å². The topological polar surface area (TPSA) is 118 Å². The van der Waals surface area contributed by atoms with Gasteiger partial charge in [0.2, 0.25) is 23.0 Å². The van der Waals surface area contributed by atoms with Gasteiger partial charge in [0.25, 0.3) is 0 Å². The van der Waals surface area contributed by atoms with Gasteiger partial charge in [0.05, 0.1) is 0 Å². The standard InChI is InChI=1S/C21H29N3O5S/c1-13(2)20-23-17(29-24-20)5-4-8-22-16(26)12-21(6-9-30-10-7-21)19-18(27)15(25)11-14(3)28-19/h11,13,27H,4-10,12H2,1-3H3,(H,22,26). The summed E-state index contributed by atoms with van der Waals surface area (Å²) in [6, 6.07) is 1.27. The molecule has 2 aromatic heterocycles. The van der Waals surface area contributed by atoms with E-state index in [0.29, 0.717) is 49.7 Å². The quantitative estimate of drug-likeness (QED) is 0.607. The minimum absolute atomic E-state index is 0.126. The van der Waals surface area contributed by atoms with Crippen molar-refractivity contribution in [3.05, 3.63) is 39.5 Å². The fourth-order valence-electron chi connectivity index (χ4n) is 3.65. The molecule has 8 nitrogen and oxygen atoms in total. The number of hydrogen-bond acceptors (Lipinski definition) is 8. The third kappa shape index (κ3) is 5.24. The van der Waals surface area contributed by atoms with E-state index in [4.69, 9.17) is 8.94 Å². The largest absolute Gasteiger partial charge is 0.502 e. The number of aromatic hydroxyl groups is 1. The van der Waals surface area contributed by atoms with Crippen molar-refractivity contribution >= 4 is 17.7 Å². The zero-order valence-electron chi connectivity index (χ0n) is 17.7. The van der Waals surface area contributed by atoms with Crippen LogP contribution >= 0.6 is 11.8 Å². The average molecular weight is 436 g/mol. The van der Waals surface area contributed by atoms with Gasteiger partial charge in [0.1, 0.15) is 5.76 Å². The SMILES string of the molecule is Cc1cc(=O)c(O)c(C2(CC(=O)NCCCc3nc(C(C)C)no3)CCSCC2)o1. The van der Waals surface area contributed by atoms with Crippen LogP contribution in [-0.2, 0) is 16.6 Å². The van der Waals surface area contributed by atoms with Crippen molar-refractivity contribution in [3.63, 3.8) is 0 Å². The van der Waals surface area contributed by atoms with E-state index in [1.54, 1.807) is 18.7 Å². The Morgan fingerprint density at radius 3 is 2.77 bits per heavy atom. The van der Waals surface area contributed by atoms with Crippen molar-refractivity contribution in [2.45, 2.75) is 64.2 Å². The highest BCUT2D eigenvalue weighted by Gasteiger charge is 2.41. The number of carbonyl (C=O) groups is 1. The first-order valence-corrected chi connectivity index (χ1v) is 11.5. The second-order valence-corrected chi connectivity index (χ2v) is 9.35. The Kier molecular flexibility index (Phi) is 7.23. The number of thioether (sulfide) groups is 1. The molecule has 1 amide bonds. The number of hydrogen-bond donors (Lipinski definition) is 2. The van der Waals surface area contributed by atoms with Crippen LogP contribution in [0.15, 0.2) is 19.8 Å². The third-order valence-electron chi connectivity index (χ3n) is 5.37. The lowest BCUT2D eigenvalue weighted by Gasteiger charge is -2.35. The number of rotatable bonds is 8. The maximum atomic E-state index is 12.7. The molecular formula is C21H29N3O5S. The van der Waals surface area contributed by atoms with Gasteiger partial charge in [0, 0.05) is 36.8 Å². The number of nitrogens with one attached hydrogen (secondary N) is 1. The zero-order chi connectivity index (χ0) is 21.7. The number of aromatic nitrogens is 2. The van der Waals surface area contributed by atoms with Gasteiger partial charge in [-0.1, -0.05) is 19.0 Å². The number of nitrogens with zero attached hydrogens (tertiary/aromatic N) is 2. The van der Waals surface area contributed by atoms with Gasteiger partial charge in [-0.25, -0.2) is 0 Å². The van der Waals surface area contributed by atoms with Gasteiger partial charge >= 0.3 is 0 Å². The van der Waals surface area contributed by atoms with Crippen molar-refractivity contribution in [2.24, 2.45) is 0 Å². The Morgan fingerprint density at radius 2 is 2.10 bits per heavy atom. The molecule has 0 bridgehead atoms. The zero-order valence-corrected chi connectivity index (χ0v) is 18.5. The molecular weight excluding hydrogens is 406 g/mol. The van der Waals surface area contributed by atoms with Crippen LogP contribution in [-0.4, -0.2) is 39.2 Å². The maximum Gasteiger partial charge on any atom is 0.227 e. The molecule has 0 saturated carbocycles. The van der Waals surface area contributed by atoms with Crippen molar-refractivity contribution in [3.8, 4) is 5.75 Å². The summed E-state index contributed by atoms with van der Waals surface area (Å²) in [4.78, 5) is 29.1. The first kappa shape index (κ1) is 22.4. The predicted octanol–water partition coefficient (Wildman–Crippen LogP) is 3.06. The summed E-state index contributed by atoms with van der Waals surface area (Å²) in [6.45, 7) is 6.16. The fourth-order valence-corrected chi connectivity index (χ4v) is 4.92. The minimum atomic E-state index is -0.663. The molecule has 2 N–H and O–H groups in total. The molecule has 164 valence electrons. The van der Waals surface area contributed by atoms with Crippen molar-refractivity contribution < 1.29 is 18.8 Å². The average Bonchev–Trinajstić information content (AvgIpc) is 3.18. The Balaban J connectivity index is 1.61. The van der Waals surface area contributed by atoms with E-state index in [1.807, 2.05) is 13.8 Å². The Morgan fingerprint density at radius 1 is 1.37 bits per heavy atom. The minimum Gasteiger partial charge on any atom is -0.502 e. The molecule has 1 fully saturated rings. The van der Waals surface area contributed by atoms with E-state index < -0.39 is 10.8 Å². The van der Waals surface area contributed by atoms with Gasteiger partial charge in [-0.05, 0) is 37.7 Å². The lowest BCUT2D eigenvalue weighted by molar-refractivity contribution is -0.122. The van der Waals surface area contributed by atoms with Crippen LogP contribution in [0.5, 0.6) is 5.75 Å². The van der Waals surface area contributed by atoms with Crippen LogP contribution in [0.1, 0.15) is 68.7 Å². The van der Waals surface area contributed by atoms with Crippen LogP contribution in [0.2, 0.25) is 0 Å². The highest BCUT2D eigenvalue weighted by atomic mass is 32.2. The van der Waals surface area contributed by atoms with E-state index in [9.17, 15) is 14.7 Å². The van der Waals surface area contributed by atoms with Crippen LogP contribution in [0.25, 0.3) is 0 Å². The van der Waals surface area contributed by atoms with E-state index in [1.165, 1.54) is 6.07 Å². The van der Waals surface area contributed by atoms with Gasteiger partial charge in [-0.3, -0.25) is 9.59 Å². The molecule has 0 unspecified atom stereocenters. The third-order valence-corrected chi connectivity index (χ3v) is 6.35. The molecule has 0 spiro atoms. The van der Waals surface area contributed by atoms with Crippen molar-refractivity contribution in [2.75, 3.05) is 18.1 Å². The number of amides is 1. The van der Waals surface area contributed by atoms with Crippen molar-refractivity contribution in [1.29, 1.82) is 0 Å². The Hall–Kier alpha value is -2.29. The molecule has 3 rings (SSSR count). The lowest BCUT2D eigenvalue weighted by atomic mass is 9.75. The van der Waals surface area contributed by atoms with Gasteiger partial charge in [-0.15, -0.1) is 0 Å². The lowest BCUT2D eigenvalue weighted by Crippen LogP contribution is -2.38. The summed E-state index contributed by atoms with van der Waals surface area (Å²) in [6.07, 6.45) is 2.79. The monoisotopic (exact) mass is 435 g/mol. The summed E-state index contributed by atoms with van der Waals surface area (Å²) in [5.74, 6) is 3.34. The molecule has 3 heterocycles. The first-order valence-electron chi connectivity index (χ1n) is 10.3. The molecule has 2 aromatic rings. The Bertz CT molecular complexity index is 931. The Labute approximate surface area is 179 Å². The molecule has 1 saturated heterocycles. The summed E-state index contributed by atoms with van der Waals surface area (Å²) >= 11 is 1.80. The molecule has 1 aliphatic rings. The first-order chi connectivity index (χ1) is 14.3. The number of carbonyl (C=O) groups excluding carboxylic acids is 1. The van der Waals surface area contributed by atoms with Crippen LogP contribution < -0.4 is 10.7 Å². The molecule has 30 heavy (non-hydrogen) atoms. The molecule has 1 aliphatic heterocycles. The fraction of sp³-hybridized carbons (Fsp3) is 0.619. The normalized spacial score (nSPS) is 16.0. The van der Waals surface area contributed by atoms with E-state index in [2.05, 4.69) is 15.5 Å². The second-order valence-electron chi connectivity index (χ2n) is 8.12. The van der Waals surface area contributed by atoms with Gasteiger partial charge in [0.15, 0.2) is 11.6 Å². The van der Waals surface area contributed by atoms with Crippen LogP contribution in [0, 0.1) is 6.92 Å². The van der Waals surface area contributed by atoms with Crippen LogP contribution in [0.3, 0.4) is 0 Å². The van der Waals surface area contributed by atoms with Gasteiger partial charge < -0.3 is 19.4 Å². The van der Waals surface area contributed by atoms with E-state index in [0.717, 1.165) is 11.5 Å².